The zero-order valence-corrected chi connectivity index (χ0v) is 12.0. The van der Waals surface area contributed by atoms with Gasteiger partial charge in [0.05, 0.1) is 6.42 Å². The summed E-state index contributed by atoms with van der Waals surface area (Å²) in [5.74, 6) is -1.55. The van der Waals surface area contributed by atoms with Crippen molar-refractivity contribution < 1.29 is 33.9 Å². The summed E-state index contributed by atoms with van der Waals surface area (Å²) < 4.78 is 67.7. The minimum absolute atomic E-state index is 0.00605. The van der Waals surface area contributed by atoms with Crippen LogP contribution in [0.2, 0.25) is 0 Å². The van der Waals surface area contributed by atoms with Crippen molar-refractivity contribution in [3.63, 3.8) is 0 Å². The van der Waals surface area contributed by atoms with E-state index in [4.69, 9.17) is 9.63 Å². The molecule has 126 valence electrons. The molecule has 1 N–H and O–H groups in total. The largest absolute Gasteiger partial charge is 0.478 e. The van der Waals surface area contributed by atoms with Crippen LogP contribution in [0.1, 0.15) is 5.89 Å². The van der Waals surface area contributed by atoms with Crippen molar-refractivity contribution in [3.8, 4) is 11.4 Å². The fourth-order valence-electron chi connectivity index (χ4n) is 1.56. The van der Waals surface area contributed by atoms with E-state index in [9.17, 15) is 24.2 Å². The lowest BCUT2D eigenvalue weighted by molar-refractivity contribution is -0.132. The van der Waals surface area contributed by atoms with Crippen LogP contribution < -0.4 is 0 Å². The van der Waals surface area contributed by atoms with Crippen LogP contribution in [0.5, 0.6) is 0 Å². The highest BCUT2D eigenvalue weighted by molar-refractivity contribution is 8.45. The number of aliphatic carboxylic acids is 1. The third-order valence-corrected chi connectivity index (χ3v) is 3.86. The van der Waals surface area contributed by atoms with E-state index in [1.807, 2.05) is 0 Å². The van der Waals surface area contributed by atoms with E-state index >= 15 is 0 Å². The number of carboxylic acid groups (broad SMARTS) is 1. The third kappa shape index (κ3) is 4.06. The van der Waals surface area contributed by atoms with Crippen molar-refractivity contribution in [2.45, 2.75) is 11.3 Å². The van der Waals surface area contributed by atoms with Gasteiger partial charge >= 0.3 is 16.2 Å². The van der Waals surface area contributed by atoms with Gasteiger partial charge in [0.2, 0.25) is 11.7 Å². The molecule has 0 amide bonds. The molecule has 11 heteroatoms. The smallest absolute Gasteiger partial charge is 0.331 e. The fraction of sp³-hybridized carbons (Fsp3) is 0.0833. The van der Waals surface area contributed by atoms with E-state index in [2.05, 4.69) is 16.7 Å². The molecule has 0 saturated carbocycles. The Morgan fingerprint density at radius 2 is 1.74 bits per heavy atom. The number of benzene rings is 1. The van der Waals surface area contributed by atoms with Gasteiger partial charge in [0.15, 0.2) is 0 Å². The summed E-state index contributed by atoms with van der Waals surface area (Å²) in [6, 6.07) is 1.99. The minimum atomic E-state index is -9.73. The van der Waals surface area contributed by atoms with Crippen molar-refractivity contribution >= 4 is 16.2 Å². The maximum absolute atomic E-state index is 12.6. The van der Waals surface area contributed by atoms with E-state index in [0.717, 1.165) is 12.1 Å². The molecule has 2 rings (SSSR count). The molecule has 0 bridgehead atoms. The molecule has 1 aromatic carbocycles. The molecule has 0 aliphatic rings. The van der Waals surface area contributed by atoms with Gasteiger partial charge < -0.3 is 9.63 Å². The summed E-state index contributed by atoms with van der Waals surface area (Å²) >= 11 is 0. The molecule has 0 spiro atoms. The Bertz CT molecular complexity index is 784. The second-order valence-electron chi connectivity index (χ2n) is 4.59. The van der Waals surface area contributed by atoms with Gasteiger partial charge in [-0.15, -0.1) is 0 Å². The number of hydrogen-bond donors (Lipinski definition) is 1. The van der Waals surface area contributed by atoms with Crippen LogP contribution >= 0.6 is 10.2 Å². The average molecular weight is 356 g/mol. The number of nitrogens with zero attached hydrogens (tertiary/aromatic N) is 2. The Balaban J connectivity index is 2.27. The van der Waals surface area contributed by atoms with Gasteiger partial charge in [-0.05, 0) is 24.3 Å². The van der Waals surface area contributed by atoms with Gasteiger partial charge in [0.25, 0.3) is 0 Å². The second kappa shape index (κ2) is 4.54. The lowest BCUT2D eigenvalue weighted by Gasteiger charge is -2.40. The molecule has 5 nitrogen and oxygen atoms in total. The normalized spacial score (nSPS) is 14.8. The molecular formula is C12H9F5N2O3S. The molecule has 0 radical (unpaired) electrons. The molecule has 23 heavy (non-hydrogen) atoms. The van der Waals surface area contributed by atoms with Crippen molar-refractivity contribution in [2.75, 3.05) is 0 Å². The molecule has 0 fully saturated rings. The summed E-state index contributed by atoms with van der Waals surface area (Å²) in [6.45, 7) is 3.25. The standard InChI is InChI=1S/C12H9F5N2O3S/c1-7(12(20)21)6-10-18-11(19-22-10)8-2-4-9(5-3-8)23(13,14,15,16)17/h2-5H,1,6H2,(H,20,21). The van der Waals surface area contributed by atoms with E-state index in [1.165, 1.54) is 0 Å². The monoisotopic (exact) mass is 356 g/mol. The van der Waals surface area contributed by atoms with Crippen molar-refractivity contribution in [1.82, 2.24) is 10.1 Å². The highest BCUT2D eigenvalue weighted by Gasteiger charge is 2.65. The highest BCUT2D eigenvalue weighted by Crippen LogP contribution is 3.02. The number of halogens is 5. The SMILES string of the molecule is C=C(Cc1nc(-c2ccc(S(F)(F)(F)(F)F)cc2)no1)C(=O)O. The highest BCUT2D eigenvalue weighted by atomic mass is 32.5. The molecular weight excluding hydrogens is 347 g/mol. The van der Waals surface area contributed by atoms with Crippen LogP contribution in [0.15, 0.2) is 45.8 Å². The molecule has 0 aliphatic heterocycles. The molecule has 2 aromatic rings. The van der Waals surface area contributed by atoms with Crippen molar-refractivity contribution in [2.24, 2.45) is 0 Å². The van der Waals surface area contributed by atoms with Crippen molar-refractivity contribution in [3.05, 3.63) is 42.3 Å². The quantitative estimate of drug-likeness (QED) is 0.627. The van der Waals surface area contributed by atoms with Crippen LogP contribution in [0, 0.1) is 0 Å². The van der Waals surface area contributed by atoms with Gasteiger partial charge in [-0.1, -0.05) is 31.2 Å². The Morgan fingerprint density at radius 3 is 2.22 bits per heavy atom. The summed E-state index contributed by atoms with van der Waals surface area (Å²) in [6.07, 6.45) is -0.258. The molecule has 1 aromatic heterocycles. The number of hydrogen-bond acceptors (Lipinski definition) is 4. The summed E-state index contributed by atoms with van der Waals surface area (Å²) in [4.78, 5) is 12.3. The number of carbonyl (C=O) groups is 1. The van der Waals surface area contributed by atoms with Crippen molar-refractivity contribution in [1.29, 1.82) is 0 Å². The van der Waals surface area contributed by atoms with Crippen LogP contribution in [0.3, 0.4) is 0 Å². The van der Waals surface area contributed by atoms with Gasteiger partial charge in [0, 0.05) is 11.1 Å². The first-order chi connectivity index (χ1) is 10.3. The lowest BCUT2D eigenvalue weighted by Crippen LogP contribution is -2.05. The summed E-state index contributed by atoms with van der Waals surface area (Å²) in [5.41, 5.74) is -0.219. The predicted octanol–water partition coefficient (Wildman–Crippen LogP) is 4.58. The van der Waals surface area contributed by atoms with E-state index in [0.29, 0.717) is 0 Å². The molecule has 0 saturated heterocycles. The molecule has 0 aliphatic carbocycles. The molecule has 1 heterocycles. The fourth-order valence-corrected chi connectivity index (χ4v) is 2.21. The number of aromatic nitrogens is 2. The summed E-state index contributed by atoms with van der Waals surface area (Å²) in [5, 5.41) is 12.1. The summed E-state index contributed by atoms with van der Waals surface area (Å²) in [7, 11) is -9.73. The van der Waals surface area contributed by atoms with Gasteiger partial charge in [-0.25, -0.2) is 4.79 Å². The van der Waals surface area contributed by atoms with Crippen LogP contribution in [0.4, 0.5) is 19.4 Å². The number of rotatable bonds is 5. The zero-order valence-electron chi connectivity index (χ0n) is 11.2. The maximum Gasteiger partial charge on any atom is 0.331 e. The van der Waals surface area contributed by atoms with E-state index < -0.39 is 21.1 Å². The lowest BCUT2D eigenvalue weighted by atomic mass is 10.2. The van der Waals surface area contributed by atoms with Gasteiger partial charge in [-0.3, -0.25) is 0 Å². The van der Waals surface area contributed by atoms with E-state index in [-0.39, 0.29) is 41.4 Å². The first-order valence-corrected chi connectivity index (χ1v) is 7.79. The Labute approximate surface area is 126 Å². The second-order valence-corrected chi connectivity index (χ2v) is 7.00. The first-order valence-electron chi connectivity index (χ1n) is 5.84. The van der Waals surface area contributed by atoms with Gasteiger partial charge in [-0.2, -0.15) is 4.98 Å². The Morgan fingerprint density at radius 1 is 1.17 bits per heavy atom. The third-order valence-electron chi connectivity index (χ3n) is 2.69. The topological polar surface area (TPSA) is 76.2 Å². The number of carboxylic acids is 1. The zero-order chi connectivity index (χ0) is 17.5. The molecule has 0 unspecified atom stereocenters. The van der Waals surface area contributed by atoms with Crippen LogP contribution in [-0.2, 0) is 11.2 Å². The predicted molar refractivity (Wildman–Crippen MR) is 71.6 cm³/mol. The Hall–Kier alpha value is -2.43. The maximum atomic E-state index is 12.6. The van der Waals surface area contributed by atoms with Crippen LogP contribution in [0.25, 0.3) is 11.4 Å². The minimum Gasteiger partial charge on any atom is -0.478 e. The van der Waals surface area contributed by atoms with E-state index in [1.54, 1.807) is 0 Å². The first kappa shape index (κ1) is 16.9. The average Bonchev–Trinajstić information content (AvgIpc) is 2.84. The molecule has 0 atom stereocenters. The van der Waals surface area contributed by atoms with Gasteiger partial charge in [0.1, 0.15) is 4.90 Å². The Kier molecular flexibility index (Phi) is 3.34. The van der Waals surface area contributed by atoms with Crippen LogP contribution in [-0.4, -0.2) is 21.2 Å².